The molecule has 3 nitrogen and oxygen atoms in total. The summed E-state index contributed by atoms with van der Waals surface area (Å²) in [5.41, 5.74) is 2.02. The molecule has 0 amide bonds. The number of ether oxygens (including phenoxy) is 1. The normalized spacial score (nSPS) is 15.8. The van der Waals surface area contributed by atoms with E-state index in [1.807, 2.05) is 30.3 Å². The summed E-state index contributed by atoms with van der Waals surface area (Å²) in [4.78, 5) is 6.98. The Bertz CT molecular complexity index is 582. The number of nitrogens with zero attached hydrogens (tertiary/aromatic N) is 2. The van der Waals surface area contributed by atoms with Gasteiger partial charge < -0.3 is 4.74 Å². The first-order valence-corrected chi connectivity index (χ1v) is 7.70. The third-order valence-electron chi connectivity index (χ3n) is 3.78. The molecule has 1 aromatic carbocycles. The molecular weight excluding hydrogens is 272 g/mol. The fourth-order valence-electron chi connectivity index (χ4n) is 2.69. The zero-order valence-electron chi connectivity index (χ0n) is 11.5. The molecule has 2 heterocycles. The minimum atomic E-state index is 0.478. The Morgan fingerprint density at radius 2 is 2.00 bits per heavy atom. The summed E-state index contributed by atoms with van der Waals surface area (Å²) in [5.74, 6) is 1.16. The van der Waals surface area contributed by atoms with Crippen LogP contribution >= 0.6 is 11.6 Å². The van der Waals surface area contributed by atoms with Gasteiger partial charge in [-0.3, -0.25) is 4.90 Å². The monoisotopic (exact) mass is 290 g/mol. The maximum Gasteiger partial charge on any atom is 0.214 e. The molecule has 0 spiro atoms. The second-order valence-corrected chi connectivity index (χ2v) is 5.43. The second kappa shape index (κ2) is 6.42. The number of fused-ring (bicyclic) bond motifs is 1. The Hall–Kier alpha value is -1.32. The molecule has 1 aromatic heterocycles. The highest BCUT2D eigenvalue weighted by molar-refractivity contribution is 6.18. The molecule has 20 heavy (non-hydrogen) atoms. The van der Waals surface area contributed by atoms with E-state index < -0.39 is 0 Å². The van der Waals surface area contributed by atoms with Crippen molar-refractivity contribution in [2.75, 3.05) is 26.2 Å². The van der Waals surface area contributed by atoms with Crippen LogP contribution in [-0.4, -0.2) is 36.1 Å². The number of para-hydroxylation sites is 1. The van der Waals surface area contributed by atoms with E-state index in [-0.39, 0.29) is 0 Å². The number of aromatic nitrogens is 1. The summed E-state index contributed by atoms with van der Waals surface area (Å²) >= 11 is 6.02. The molecule has 2 aromatic rings. The van der Waals surface area contributed by atoms with Gasteiger partial charge in [0.1, 0.15) is 6.61 Å². The minimum absolute atomic E-state index is 0.478. The number of hydrogen-bond donors (Lipinski definition) is 0. The van der Waals surface area contributed by atoms with Crippen LogP contribution in [0.2, 0.25) is 0 Å². The van der Waals surface area contributed by atoms with E-state index in [1.54, 1.807) is 0 Å². The quantitative estimate of drug-likeness (QED) is 0.789. The minimum Gasteiger partial charge on any atom is -0.476 e. The lowest BCUT2D eigenvalue weighted by Gasteiger charge is -2.15. The van der Waals surface area contributed by atoms with Crippen LogP contribution in [0.3, 0.4) is 0 Å². The Morgan fingerprint density at radius 3 is 2.80 bits per heavy atom. The highest BCUT2D eigenvalue weighted by atomic mass is 35.5. The van der Waals surface area contributed by atoms with Crippen LogP contribution < -0.4 is 4.74 Å². The average molecular weight is 291 g/mol. The molecule has 4 heteroatoms. The average Bonchev–Trinajstić information content (AvgIpc) is 2.99. The van der Waals surface area contributed by atoms with E-state index in [4.69, 9.17) is 16.3 Å². The summed E-state index contributed by atoms with van der Waals surface area (Å²) in [7, 11) is 0. The number of alkyl halides is 1. The van der Waals surface area contributed by atoms with E-state index in [1.165, 1.54) is 25.9 Å². The van der Waals surface area contributed by atoms with Gasteiger partial charge in [-0.2, -0.15) is 0 Å². The maximum atomic E-state index is 6.02. The van der Waals surface area contributed by atoms with Gasteiger partial charge in [-0.1, -0.05) is 18.2 Å². The molecule has 106 valence electrons. The Balaban J connectivity index is 1.70. The smallest absolute Gasteiger partial charge is 0.214 e. The van der Waals surface area contributed by atoms with E-state index in [0.717, 1.165) is 23.0 Å². The fraction of sp³-hybridized carbons (Fsp3) is 0.438. The Labute approximate surface area is 124 Å². The molecule has 0 bridgehead atoms. The molecule has 0 saturated carbocycles. The molecular formula is C16H19ClN2O. The molecule has 0 aliphatic carbocycles. The molecule has 3 rings (SSSR count). The van der Waals surface area contributed by atoms with Crippen LogP contribution in [0.4, 0.5) is 0 Å². The van der Waals surface area contributed by atoms with Gasteiger partial charge in [-0.05, 0) is 37.6 Å². The van der Waals surface area contributed by atoms with Gasteiger partial charge >= 0.3 is 0 Å². The van der Waals surface area contributed by atoms with Crippen molar-refractivity contribution in [3.05, 3.63) is 35.9 Å². The number of pyridine rings is 1. The van der Waals surface area contributed by atoms with E-state index in [9.17, 15) is 0 Å². The van der Waals surface area contributed by atoms with E-state index in [2.05, 4.69) is 9.88 Å². The van der Waals surface area contributed by atoms with Crippen LogP contribution in [-0.2, 0) is 5.88 Å². The summed E-state index contributed by atoms with van der Waals surface area (Å²) in [6.07, 6.45) is 2.62. The van der Waals surface area contributed by atoms with Gasteiger partial charge in [0.25, 0.3) is 0 Å². The number of hydrogen-bond acceptors (Lipinski definition) is 3. The van der Waals surface area contributed by atoms with Crippen LogP contribution in [0, 0.1) is 0 Å². The lowest BCUT2D eigenvalue weighted by molar-refractivity contribution is 0.232. The van der Waals surface area contributed by atoms with Crippen LogP contribution in [0.5, 0.6) is 5.88 Å². The molecule has 1 aliphatic rings. The maximum absolute atomic E-state index is 6.02. The van der Waals surface area contributed by atoms with Crippen molar-refractivity contribution in [3.8, 4) is 5.88 Å². The third kappa shape index (κ3) is 3.05. The van der Waals surface area contributed by atoms with Crippen LogP contribution in [0.15, 0.2) is 30.3 Å². The standard InChI is InChI=1S/C16H19ClN2O/c17-12-13-11-16(18-15-6-2-1-5-14(13)15)20-10-9-19-7-3-4-8-19/h1-2,5-6,11H,3-4,7-10,12H2. The topological polar surface area (TPSA) is 25.4 Å². The Kier molecular flexibility index (Phi) is 4.38. The first kappa shape index (κ1) is 13.7. The van der Waals surface area contributed by atoms with Crippen molar-refractivity contribution < 1.29 is 4.74 Å². The molecule has 1 fully saturated rings. The molecule has 1 aliphatic heterocycles. The third-order valence-corrected chi connectivity index (χ3v) is 4.07. The first-order chi connectivity index (χ1) is 9.86. The SMILES string of the molecule is ClCc1cc(OCCN2CCCC2)nc2ccccc12. The number of rotatable bonds is 5. The summed E-state index contributed by atoms with van der Waals surface area (Å²) in [6, 6.07) is 10.0. The zero-order chi connectivity index (χ0) is 13.8. The van der Waals surface area contributed by atoms with Crippen molar-refractivity contribution in [1.82, 2.24) is 9.88 Å². The summed E-state index contributed by atoms with van der Waals surface area (Å²) in [6.45, 7) is 4.06. The summed E-state index contributed by atoms with van der Waals surface area (Å²) in [5, 5.41) is 1.11. The van der Waals surface area contributed by atoms with Crippen molar-refractivity contribution in [2.24, 2.45) is 0 Å². The number of likely N-dealkylation sites (tertiary alicyclic amines) is 1. The number of halogens is 1. The van der Waals surface area contributed by atoms with Gasteiger partial charge in [0.05, 0.1) is 5.52 Å². The van der Waals surface area contributed by atoms with Gasteiger partial charge in [0.2, 0.25) is 5.88 Å². The Morgan fingerprint density at radius 1 is 1.20 bits per heavy atom. The van der Waals surface area contributed by atoms with Gasteiger partial charge in [0, 0.05) is 23.9 Å². The molecule has 0 atom stereocenters. The highest BCUT2D eigenvalue weighted by Crippen LogP contribution is 2.23. The van der Waals surface area contributed by atoms with Gasteiger partial charge in [-0.25, -0.2) is 4.98 Å². The van der Waals surface area contributed by atoms with Crippen molar-refractivity contribution in [2.45, 2.75) is 18.7 Å². The van der Waals surface area contributed by atoms with E-state index in [0.29, 0.717) is 18.4 Å². The second-order valence-electron chi connectivity index (χ2n) is 5.17. The van der Waals surface area contributed by atoms with Crippen molar-refractivity contribution in [1.29, 1.82) is 0 Å². The van der Waals surface area contributed by atoms with Crippen molar-refractivity contribution >= 4 is 22.5 Å². The van der Waals surface area contributed by atoms with E-state index >= 15 is 0 Å². The largest absolute Gasteiger partial charge is 0.476 e. The number of benzene rings is 1. The van der Waals surface area contributed by atoms with Crippen LogP contribution in [0.1, 0.15) is 18.4 Å². The molecule has 0 N–H and O–H groups in total. The van der Waals surface area contributed by atoms with Crippen LogP contribution in [0.25, 0.3) is 10.9 Å². The predicted octanol–water partition coefficient (Wildman–Crippen LogP) is 3.45. The molecule has 0 radical (unpaired) electrons. The molecule has 1 saturated heterocycles. The zero-order valence-corrected chi connectivity index (χ0v) is 12.3. The van der Waals surface area contributed by atoms with Gasteiger partial charge in [0.15, 0.2) is 0 Å². The highest BCUT2D eigenvalue weighted by Gasteiger charge is 2.11. The predicted molar refractivity (Wildman–Crippen MR) is 82.5 cm³/mol. The van der Waals surface area contributed by atoms with Crippen molar-refractivity contribution in [3.63, 3.8) is 0 Å². The summed E-state index contributed by atoms with van der Waals surface area (Å²) < 4.78 is 5.81. The first-order valence-electron chi connectivity index (χ1n) is 7.16. The lowest BCUT2D eigenvalue weighted by atomic mass is 10.1. The fourth-order valence-corrected chi connectivity index (χ4v) is 2.91. The lowest BCUT2D eigenvalue weighted by Crippen LogP contribution is -2.25. The van der Waals surface area contributed by atoms with Gasteiger partial charge in [-0.15, -0.1) is 11.6 Å². The molecule has 0 unspecified atom stereocenters.